The van der Waals surface area contributed by atoms with Gasteiger partial charge in [-0.25, -0.2) is 4.98 Å². The van der Waals surface area contributed by atoms with Gasteiger partial charge in [0.05, 0.1) is 11.0 Å². The highest BCUT2D eigenvalue weighted by Crippen LogP contribution is 2.21. The summed E-state index contributed by atoms with van der Waals surface area (Å²) in [6, 6.07) is 8.90. The number of imidazole rings is 1. The predicted octanol–water partition coefficient (Wildman–Crippen LogP) is 3.92. The van der Waals surface area contributed by atoms with Crippen molar-refractivity contribution in [2.75, 3.05) is 7.05 Å². The predicted molar refractivity (Wildman–Crippen MR) is 90.6 cm³/mol. The van der Waals surface area contributed by atoms with Crippen molar-refractivity contribution in [1.29, 1.82) is 0 Å². The highest BCUT2D eigenvalue weighted by Gasteiger charge is 2.20. The van der Waals surface area contributed by atoms with Crippen LogP contribution in [0.3, 0.4) is 0 Å². The van der Waals surface area contributed by atoms with Gasteiger partial charge in [-0.15, -0.1) is 0 Å². The number of fused-ring (bicyclic) bond motifs is 1. The molecule has 2 unspecified atom stereocenters. The molecule has 0 saturated heterocycles. The molecule has 2 atom stereocenters. The summed E-state index contributed by atoms with van der Waals surface area (Å²) < 4.78 is 2.24. The number of hydrogen-bond acceptors (Lipinski definition) is 2. The van der Waals surface area contributed by atoms with Gasteiger partial charge in [0.1, 0.15) is 5.82 Å². The van der Waals surface area contributed by atoms with Crippen molar-refractivity contribution in [3.63, 3.8) is 0 Å². The molecule has 1 aromatic carbocycles. The fraction of sp³-hybridized carbons (Fsp3) is 0.611. The largest absolute Gasteiger partial charge is 0.331 e. The monoisotopic (exact) mass is 287 g/mol. The molecule has 3 heteroatoms. The molecule has 116 valence electrons. The first kappa shape index (κ1) is 16.0. The van der Waals surface area contributed by atoms with Gasteiger partial charge in [-0.1, -0.05) is 45.2 Å². The van der Waals surface area contributed by atoms with Crippen LogP contribution in [-0.2, 0) is 13.5 Å². The first-order valence-corrected chi connectivity index (χ1v) is 8.28. The number of aryl methyl sites for hydroxylation is 1. The van der Waals surface area contributed by atoms with Crippen molar-refractivity contribution in [2.24, 2.45) is 13.0 Å². The van der Waals surface area contributed by atoms with E-state index in [1.165, 1.54) is 37.0 Å². The third kappa shape index (κ3) is 3.65. The van der Waals surface area contributed by atoms with Gasteiger partial charge < -0.3 is 9.88 Å². The Balaban J connectivity index is 2.17. The van der Waals surface area contributed by atoms with Gasteiger partial charge in [0.2, 0.25) is 0 Å². The zero-order valence-corrected chi connectivity index (χ0v) is 13.9. The quantitative estimate of drug-likeness (QED) is 0.797. The highest BCUT2D eigenvalue weighted by molar-refractivity contribution is 5.75. The van der Waals surface area contributed by atoms with Gasteiger partial charge in [-0.2, -0.15) is 0 Å². The lowest BCUT2D eigenvalue weighted by Crippen LogP contribution is -2.36. The van der Waals surface area contributed by atoms with E-state index in [2.05, 4.69) is 62.1 Å². The Morgan fingerprint density at radius 2 is 2.00 bits per heavy atom. The fourth-order valence-electron chi connectivity index (χ4n) is 3.24. The van der Waals surface area contributed by atoms with E-state index in [9.17, 15) is 0 Å². The molecule has 0 aliphatic heterocycles. The number of rotatable bonds is 8. The van der Waals surface area contributed by atoms with Gasteiger partial charge >= 0.3 is 0 Å². The summed E-state index contributed by atoms with van der Waals surface area (Å²) in [5.74, 6) is 1.92. The summed E-state index contributed by atoms with van der Waals surface area (Å²) >= 11 is 0. The van der Waals surface area contributed by atoms with Crippen LogP contribution in [-0.4, -0.2) is 22.6 Å². The van der Waals surface area contributed by atoms with Crippen LogP contribution in [0.2, 0.25) is 0 Å². The Morgan fingerprint density at radius 3 is 2.62 bits per heavy atom. The Hall–Kier alpha value is -1.35. The molecule has 2 rings (SSSR count). The number of nitrogens with one attached hydrogen (secondary N) is 1. The smallest absolute Gasteiger partial charge is 0.111 e. The van der Waals surface area contributed by atoms with Crippen molar-refractivity contribution in [3.05, 3.63) is 30.1 Å². The molecule has 2 aromatic rings. The van der Waals surface area contributed by atoms with E-state index in [1.807, 2.05) is 0 Å². The Bertz CT molecular complexity index is 559. The number of hydrogen-bond donors (Lipinski definition) is 1. The van der Waals surface area contributed by atoms with Crippen LogP contribution in [0.4, 0.5) is 0 Å². The number of nitrogens with zero attached hydrogens (tertiary/aromatic N) is 2. The lowest BCUT2D eigenvalue weighted by Gasteiger charge is -2.25. The van der Waals surface area contributed by atoms with Crippen molar-refractivity contribution < 1.29 is 0 Å². The number of benzene rings is 1. The first-order valence-electron chi connectivity index (χ1n) is 8.28. The minimum Gasteiger partial charge on any atom is -0.331 e. The molecule has 0 aliphatic carbocycles. The third-order valence-corrected chi connectivity index (χ3v) is 4.67. The van der Waals surface area contributed by atoms with Gasteiger partial charge in [0, 0.05) is 19.5 Å². The summed E-state index contributed by atoms with van der Waals surface area (Å²) in [5.41, 5.74) is 2.33. The summed E-state index contributed by atoms with van der Waals surface area (Å²) in [5, 5.41) is 3.53. The second kappa shape index (κ2) is 7.60. The van der Waals surface area contributed by atoms with Crippen LogP contribution in [0.5, 0.6) is 0 Å². The first-order chi connectivity index (χ1) is 10.2. The second-order valence-electron chi connectivity index (χ2n) is 5.99. The van der Waals surface area contributed by atoms with E-state index in [0.29, 0.717) is 6.04 Å². The summed E-state index contributed by atoms with van der Waals surface area (Å²) in [6.45, 7) is 4.58. The topological polar surface area (TPSA) is 29.9 Å². The van der Waals surface area contributed by atoms with E-state index in [4.69, 9.17) is 4.98 Å². The molecule has 1 aromatic heterocycles. The molecule has 3 nitrogen and oxygen atoms in total. The second-order valence-corrected chi connectivity index (χ2v) is 5.99. The maximum atomic E-state index is 4.82. The van der Waals surface area contributed by atoms with Crippen molar-refractivity contribution in [2.45, 2.75) is 52.0 Å². The average Bonchev–Trinajstić information content (AvgIpc) is 2.83. The number of unbranched alkanes of at least 4 members (excludes halogenated alkanes) is 1. The summed E-state index contributed by atoms with van der Waals surface area (Å²) in [6.07, 6.45) is 6.14. The fourth-order valence-corrected chi connectivity index (χ4v) is 3.24. The maximum Gasteiger partial charge on any atom is 0.111 e. The SMILES string of the molecule is CCCCC(CC)C(Cc1nc2ccccc2n1C)NC. The molecule has 0 radical (unpaired) electrons. The Morgan fingerprint density at radius 1 is 1.24 bits per heavy atom. The van der Waals surface area contributed by atoms with E-state index < -0.39 is 0 Å². The van der Waals surface area contributed by atoms with E-state index in [0.717, 1.165) is 17.9 Å². The molecule has 0 bridgehead atoms. The Labute approximate surface area is 128 Å². The van der Waals surface area contributed by atoms with Crippen LogP contribution in [0, 0.1) is 5.92 Å². The Kier molecular flexibility index (Phi) is 5.80. The van der Waals surface area contributed by atoms with Crippen LogP contribution in [0.1, 0.15) is 45.4 Å². The summed E-state index contributed by atoms with van der Waals surface area (Å²) in [7, 11) is 4.21. The van der Waals surface area contributed by atoms with Gasteiger partial charge in [0.15, 0.2) is 0 Å². The number of likely N-dealkylation sites (N-methyl/N-ethyl adjacent to an activating group) is 1. The van der Waals surface area contributed by atoms with Crippen LogP contribution in [0.15, 0.2) is 24.3 Å². The van der Waals surface area contributed by atoms with Crippen molar-refractivity contribution in [3.8, 4) is 0 Å². The van der Waals surface area contributed by atoms with Crippen LogP contribution in [0.25, 0.3) is 11.0 Å². The van der Waals surface area contributed by atoms with Gasteiger partial charge in [0.25, 0.3) is 0 Å². The molecule has 0 amide bonds. The number of para-hydroxylation sites is 2. The van der Waals surface area contributed by atoms with Crippen LogP contribution < -0.4 is 5.32 Å². The van der Waals surface area contributed by atoms with Crippen molar-refractivity contribution in [1.82, 2.24) is 14.9 Å². The molecule has 21 heavy (non-hydrogen) atoms. The highest BCUT2D eigenvalue weighted by atomic mass is 15.1. The molecule has 0 fully saturated rings. The summed E-state index contributed by atoms with van der Waals surface area (Å²) in [4.78, 5) is 4.82. The molecule has 0 saturated carbocycles. The number of aromatic nitrogens is 2. The molecule has 0 aliphatic rings. The molecule has 1 N–H and O–H groups in total. The van der Waals surface area contributed by atoms with E-state index >= 15 is 0 Å². The third-order valence-electron chi connectivity index (χ3n) is 4.67. The van der Waals surface area contributed by atoms with E-state index in [1.54, 1.807) is 0 Å². The lowest BCUT2D eigenvalue weighted by molar-refractivity contribution is 0.325. The average molecular weight is 287 g/mol. The standard InChI is InChI=1S/C18H29N3/c1-5-7-10-14(6-2)16(19-3)13-18-20-15-11-8-9-12-17(15)21(18)4/h8-9,11-12,14,16,19H,5-7,10,13H2,1-4H3. The lowest BCUT2D eigenvalue weighted by atomic mass is 9.89. The molecular formula is C18H29N3. The normalized spacial score (nSPS) is 14.5. The molecule has 0 spiro atoms. The molecule has 1 heterocycles. The van der Waals surface area contributed by atoms with Crippen molar-refractivity contribution >= 4 is 11.0 Å². The zero-order chi connectivity index (χ0) is 15.2. The zero-order valence-electron chi connectivity index (χ0n) is 13.9. The van der Waals surface area contributed by atoms with Gasteiger partial charge in [-0.05, 0) is 31.5 Å². The van der Waals surface area contributed by atoms with E-state index in [-0.39, 0.29) is 0 Å². The molecular weight excluding hydrogens is 258 g/mol. The minimum absolute atomic E-state index is 0.511. The minimum atomic E-state index is 0.511. The maximum absolute atomic E-state index is 4.82. The van der Waals surface area contributed by atoms with Crippen LogP contribution >= 0.6 is 0 Å². The van der Waals surface area contributed by atoms with Gasteiger partial charge in [-0.3, -0.25) is 0 Å².